The van der Waals surface area contributed by atoms with Crippen LogP contribution in [-0.2, 0) is 20.9 Å². The van der Waals surface area contributed by atoms with Crippen LogP contribution in [0.15, 0.2) is 28.7 Å². The Morgan fingerprint density at radius 1 is 1.22 bits per heavy atom. The van der Waals surface area contributed by atoms with Gasteiger partial charge < -0.3 is 19.6 Å². The maximum atomic E-state index is 12.7. The fourth-order valence-electron chi connectivity index (χ4n) is 4.10. The molecule has 2 aromatic rings. The van der Waals surface area contributed by atoms with Gasteiger partial charge >= 0.3 is 5.97 Å². The summed E-state index contributed by atoms with van der Waals surface area (Å²) in [6.07, 6.45) is 3.44. The number of carboxylic acid groups (broad SMARTS) is 1. The van der Waals surface area contributed by atoms with Crippen LogP contribution in [0.2, 0.25) is 0 Å². The van der Waals surface area contributed by atoms with E-state index in [9.17, 15) is 14.7 Å². The zero-order chi connectivity index (χ0) is 23.3. The van der Waals surface area contributed by atoms with Crippen molar-refractivity contribution in [2.45, 2.75) is 78.6 Å². The average molecular weight is 443 g/mol. The van der Waals surface area contributed by atoms with E-state index in [1.165, 1.54) is 5.56 Å². The van der Waals surface area contributed by atoms with Crippen LogP contribution in [0, 0.1) is 25.7 Å². The van der Waals surface area contributed by atoms with Crippen LogP contribution in [0.3, 0.4) is 0 Å². The van der Waals surface area contributed by atoms with Crippen molar-refractivity contribution >= 4 is 11.9 Å². The van der Waals surface area contributed by atoms with Gasteiger partial charge in [-0.1, -0.05) is 38.0 Å². The predicted octanol–water partition coefficient (Wildman–Crippen LogP) is 4.65. The third kappa shape index (κ3) is 6.42. The second-order valence-electron chi connectivity index (χ2n) is 9.21. The van der Waals surface area contributed by atoms with Crippen LogP contribution < -0.4 is 5.32 Å². The number of ether oxygens (including phenoxy) is 1. The molecule has 32 heavy (non-hydrogen) atoms. The Bertz CT molecular complexity index is 919. The van der Waals surface area contributed by atoms with Crippen LogP contribution in [-0.4, -0.2) is 34.1 Å². The number of hydrogen-bond donors (Lipinski definition) is 2. The molecule has 1 amide bonds. The Morgan fingerprint density at radius 2 is 1.94 bits per heavy atom. The number of aromatic nitrogens is 1. The van der Waals surface area contributed by atoms with E-state index in [1.54, 1.807) is 0 Å². The van der Waals surface area contributed by atoms with Crippen molar-refractivity contribution in [1.82, 2.24) is 10.3 Å². The number of oxazole rings is 1. The molecule has 1 aromatic heterocycles. The van der Waals surface area contributed by atoms with Crippen molar-refractivity contribution in [3.05, 3.63) is 41.3 Å². The molecule has 1 aromatic carbocycles. The summed E-state index contributed by atoms with van der Waals surface area (Å²) in [5.74, 6) is 0.0846. The minimum atomic E-state index is -0.985. The molecule has 1 aliphatic carbocycles. The third-order valence-corrected chi connectivity index (χ3v) is 5.97. The summed E-state index contributed by atoms with van der Waals surface area (Å²) in [4.78, 5) is 28.8. The Morgan fingerprint density at radius 3 is 2.59 bits per heavy atom. The molecule has 0 bridgehead atoms. The highest BCUT2D eigenvalue weighted by molar-refractivity contribution is 5.85. The normalized spacial score (nSPS) is 19.7. The van der Waals surface area contributed by atoms with E-state index in [1.807, 2.05) is 52.0 Å². The van der Waals surface area contributed by atoms with Crippen molar-refractivity contribution in [3.8, 4) is 11.5 Å². The predicted molar refractivity (Wildman–Crippen MR) is 121 cm³/mol. The van der Waals surface area contributed by atoms with Gasteiger partial charge in [0.2, 0.25) is 11.8 Å². The summed E-state index contributed by atoms with van der Waals surface area (Å²) in [5, 5.41) is 12.1. The molecule has 1 saturated carbocycles. The summed E-state index contributed by atoms with van der Waals surface area (Å²) in [6.45, 7) is 8.13. The summed E-state index contributed by atoms with van der Waals surface area (Å²) in [5.41, 5.74) is 2.86. The van der Waals surface area contributed by atoms with Crippen molar-refractivity contribution in [2.24, 2.45) is 11.8 Å². The molecule has 3 rings (SSSR count). The standard InChI is InChI=1S/C25H34N2O5/c1-15(2)12-21(25(29)30)26-23(28)19-6-5-7-20(13-19)31-14-22-17(4)32-24(27-22)18-10-8-16(3)9-11-18/h8-11,15,19-21H,5-7,12-14H2,1-4H3,(H,26,28)(H,29,30)/t19-,20+,21+/m1/s1. The number of carboxylic acids is 1. The number of nitrogens with one attached hydrogen (secondary N) is 1. The molecule has 7 nitrogen and oxygen atoms in total. The van der Waals surface area contributed by atoms with Crippen LogP contribution in [0.25, 0.3) is 11.5 Å². The van der Waals surface area contributed by atoms with Gasteiger partial charge in [-0.15, -0.1) is 0 Å². The summed E-state index contributed by atoms with van der Waals surface area (Å²) in [6, 6.07) is 7.17. The molecule has 0 saturated heterocycles. The lowest BCUT2D eigenvalue weighted by molar-refractivity contribution is -0.143. The SMILES string of the molecule is Cc1ccc(-c2nc(CO[C@H]3CCC[C@@H](C(=O)N[C@@H](CC(C)C)C(=O)O)C3)c(C)o2)cc1. The third-order valence-electron chi connectivity index (χ3n) is 5.97. The van der Waals surface area contributed by atoms with Gasteiger partial charge in [0.15, 0.2) is 0 Å². The molecule has 0 spiro atoms. The molecule has 0 aliphatic heterocycles. The monoisotopic (exact) mass is 442 g/mol. The van der Waals surface area contributed by atoms with Gasteiger partial charge in [0.25, 0.3) is 0 Å². The van der Waals surface area contributed by atoms with E-state index >= 15 is 0 Å². The van der Waals surface area contributed by atoms with Crippen molar-refractivity contribution in [3.63, 3.8) is 0 Å². The van der Waals surface area contributed by atoms with E-state index < -0.39 is 12.0 Å². The second-order valence-corrected chi connectivity index (χ2v) is 9.21. The zero-order valence-electron chi connectivity index (χ0n) is 19.4. The van der Waals surface area contributed by atoms with Gasteiger partial charge in [0, 0.05) is 11.5 Å². The fraction of sp³-hybridized carbons (Fsp3) is 0.560. The molecule has 7 heteroatoms. The molecule has 2 N–H and O–H groups in total. The van der Waals surface area contributed by atoms with Crippen molar-refractivity contribution < 1.29 is 23.8 Å². The lowest BCUT2D eigenvalue weighted by Crippen LogP contribution is -2.45. The van der Waals surface area contributed by atoms with Crippen LogP contribution >= 0.6 is 0 Å². The molecule has 0 unspecified atom stereocenters. The van der Waals surface area contributed by atoms with Crippen LogP contribution in [0.1, 0.15) is 63.0 Å². The Labute approximate surface area is 189 Å². The Hall–Kier alpha value is -2.67. The number of rotatable bonds is 9. The van der Waals surface area contributed by atoms with Gasteiger partial charge in [-0.3, -0.25) is 4.79 Å². The maximum Gasteiger partial charge on any atom is 0.326 e. The number of carbonyl (C=O) groups is 2. The largest absolute Gasteiger partial charge is 0.480 e. The topological polar surface area (TPSA) is 102 Å². The molecule has 0 radical (unpaired) electrons. The number of benzene rings is 1. The summed E-state index contributed by atoms with van der Waals surface area (Å²) in [7, 11) is 0. The lowest BCUT2D eigenvalue weighted by atomic mass is 9.86. The summed E-state index contributed by atoms with van der Waals surface area (Å²) >= 11 is 0. The van der Waals surface area contributed by atoms with Crippen LogP contribution in [0.4, 0.5) is 0 Å². The van der Waals surface area contributed by atoms with E-state index in [4.69, 9.17) is 9.15 Å². The van der Waals surface area contributed by atoms with Gasteiger partial charge in [0.05, 0.1) is 12.7 Å². The van der Waals surface area contributed by atoms with E-state index in [2.05, 4.69) is 10.3 Å². The average Bonchev–Trinajstić information content (AvgIpc) is 3.12. The molecule has 3 atom stereocenters. The number of aliphatic carboxylic acids is 1. The molecule has 1 aliphatic rings. The lowest BCUT2D eigenvalue weighted by Gasteiger charge is -2.29. The van der Waals surface area contributed by atoms with Crippen molar-refractivity contribution in [2.75, 3.05) is 0 Å². The first-order valence-electron chi connectivity index (χ1n) is 11.4. The van der Waals surface area contributed by atoms with Crippen molar-refractivity contribution in [1.29, 1.82) is 0 Å². The summed E-state index contributed by atoms with van der Waals surface area (Å²) < 4.78 is 11.9. The highest BCUT2D eigenvalue weighted by Crippen LogP contribution is 2.29. The Balaban J connectivity index is 1.55. The molecular formula is C25H34N2O5. The minimum Gasteiger partial charge on any atom is -0.480 e. The van der Waals surface area contributed by atoms with Gasteiger partial charge in [0.1, 0.15) is 17.5 Å². The van der Waals surface area contributed by atoms with Gasteiger partial charge in [-0.25, -0.2) is 9.78 Å². The second kappa shape index (κ2) is 10.8. The highest BCUT2D eigenvalue weighted by Gasteiger charge is 2.31. The van der Waals surface area contributed by atoms with Gasteiger partial charge in [-0.2, -0.15) is 0 Å². The molecule has 1 heterocycles. The number of hydrogen-bond acceptors (Lipinski definition) is 5. The molecule has 1 fully saturated rings. The van der Waals surface area contributed by atoms with E-state index in [-0.39, 0.29) is 23.8 Å². The highest BCUT2D eigenvalue weighted by atomic mass is 16.5. The fourth-order valence-corrected chi connectivity index (χ4v) is 4.10. The first kappa shape index (κ1) is 24.0. The number of amides is 1. The smallest absolute Gasteiger partial charge is 0.326 e. The number of nitrogens with zero attached hydrogens (tertiary/aromatic N) is 1. The van der Waals surface area contributed by atoms with Crippen LogP contribution in [0.5, 0.6) is 0 Å². The molecular weight excluding hydrogens is 408 g/mol. The quantitative estimate of drug-likeness (QED) is 0.586. The van der Waals surface area contributed by atoms with E-state index in [0.717, 1.165) is 36.3 Å². The number of aryl methyl sites for hydroxylation is 2. The first-order chi connectivity index (χ1) is 15.2. The number of carbonyl (C=O) groups excluding carboxylic acids is 1. The molecule has 174 valence electrons. The first-order valence-corrected chi connectivity index (χ1v) is 11.4. The zero-order valence-corrected chi connectivity index (χ0v) is 19.4. The Kier molecular flexibility index (Phi) is 8.07. The maximum absolute atomic E-state index is 12.7. The van der Waals surface area contributed by atoms with Gasteiger partial charge in [-0.05, 0) is 57.6 Å². The van der Waals surface area contributed by atoms with E-state index in [0.29, 0.717) is 25.3 Å². The minimum absolute atomic E-state index is 0.0631.